The lowest BCUT2D eigenvalue weighted by Gasteiger charge is -2.20. The zero-order valence-electron chi connectivity index (χ0n) is 10.0. The molecule has 0 bridgehead atoms. The molecule has 0 aromatic carbocycles. The molecule has 5 heteroatoms. The molecule has 0 radical (unpaired) electrons. The Bertz CT molecular complexity index is 322. The number of nitrogens with one attached hydrogen (secondary N) is 1. The maximum absolute atomic E-state index is 5.45. The van der Waals surface area contributed by atoms with Crippen LogP contribution in [0.3, 0.4) is 0 Å². The number of piperidine rings is 1. The minimum Gasteiger partial charge on any atom is -0.381 e. The van der Waals surface area contributed by atoms with Crippen molar-refractivity contribution in [2.45, 2.75) is 44.1 Å². The molecule has 3 rings (SSSR count). The Morgan fingerprint density at radius 2 is 2.18 bits per heavy atom. The number of nitrogens with zero attached hydrogens (tertiary/aromatic N) is 2. The Kier molecular flexibility index (Phi) is 3.38. The number of hydrogen-bond donors (Lipinski definition) is 1. The highest BCUT2D eigenvalue weighted by atomic mass is 16.5. The standard InChI is InChI=1S/C12H19N3O2/c1-2-6-13-10(5-1)12-14-11(15-17-12)9-4-3-7-16-8-9/h9-10,13H,1-8H2/t9?,10-/m1/s1. The molecule has 0 aliphatic carbocycles. The van der Waals surface area contributed by atoms with Crippen LogP contribution in [-0.2, 0) is 4.74 Å². The molecular formula is C12H19N3O2. The van der Waals surface area contributed by atoms with E-state index in [9.17, 15) is 0 Å². The van der Waals surface area contributed by atoms with Crippen LogP contribution in [0, 0.1) is 0 Å². The molecule has 0 spiro atoms. The summed E-state index contributed by atoms with van der Waals surface area (Å²) in [5, 5.41) is 7.53. The molecule has 1 N–H and O–H groups in total. The largest absolute Gasteiger partial charge is 0.381 e. The van der Waals surface area contributed by atoms with Gasteiger partial charge in [-0.1, -0.05) is 11.6 Å². The van der Waals surface area contributed by atoms with Gasteiger partial charge in [-0.2, -0.15) is 4.98 Å². The van der Waals surface area contributed by atoms with E-state index in [0.717, 1.165) is 50.7 Å². The lowest BCUT2D eigenvalue weighted by Crippen LogP contribution is -2.27. The zero-order valence-corrected chi connectivity index (χ0v) is 10.0. The van der Waals surface area contributed by atoms with E-state index in [1.54, 1.807) is 0 Å². The molecule has 1 unspecified atom stereocenters. The number of hydrogen-bond acceptors (Lipinski definition) is 5. The number of aromatic nitrogens is 2. The van der Waals surface area contributed by atoms with E-state index in [0.29, 0.717) is 5.92 Å². The van der Waals surface area contributed by atoms with Gasteiger partial charge in [0.1, 0.15) is 0 Å². The van der Waals surface area contributed by atoms with Crippen molar-refractivity contribution >= 4 is 0 Å². The van der Waals surface area contributed by atoms with Crippen molar-refractivity contribution in [1.82, 2.24) is 15.5 Å². The highest BCUT2D eigenvalue weighted by Gasteiger charge is 2.25. The van der Waals surface area contributed by atoms with Crippen molar-refractivity contribution in [3.05, 3.63) is 11.7 Å². The molecule has 0 saturated carbocycles. The molecule has 1 aromatic heterocycles. The summed E-state index contributed by atoms with van der Waals surface area (Å²) in [5.41, 5.74) is 0. The topological polar surface area (TPSA) is 60.2 Å². The first kappa shape index (κ1) is 11.2. The van der Waals surface area contributed by atoms with Crippen LogP contribution in [-0.4, -0.2) is 29.9 Å². The van der Waals surface area contributed by atoms with E-state index < -0.39 is 0 Å². The lowest BCUT2D eigenvalue weighted by molar-refractivity contribution is 0.0773. The molecule has 2 saturated heterocycles. The van der Waals surface area contributed by atoms with E-state index in [1.807, 2.05) is 0 Å². The smallest absolute Gasteiger partial charge is 0.243 e. The first-order valence-corrected chi connectivity index (χ1v) is 6.58. The summed E-state index contributed by atoms with van der Waals surface area (Å²) in [6.45, 7) is 2.65. The molecule has 3 heterocycles. The van der Waals surface area contributed by atoms with Crippen molar-refractivity contribution in [3.63, 3.8) is 0 Å². The molecular weight excluding hydrogens is 218 g/mol. The quantitative estimate of drug-likeness (QED) is 0.849. The fourth-order valence-corrected chi connectivity index (χ4v) is 2.56. The Labute approximate surface area is 101 Å². The average Bonchev–Trinajstić information content (AvgIpc) is 2.90. The SMILES string of the molecule is C1CC[C@H](c2nc(C3CCCOC3)no2)NC1. The summed E-state index contributed by atoms with van der Waals surface area (Å²) in [5.74, 6) is 1.90. The summed E-state index contributed by atoms with van der Waals surface area (Å²) >= 11 is 0. The lowest BCUT2D eigenvalue weighted by atomic mass is 10.0. The second-order valence-electron chi connectivity index (χ2n) is 4.91. The second-order valence-corrected chi connectivity index (χ2v) is 4.91. The Morgan fingerprint density at radius 3 is 2.94 bits per heavy atom. The van der Waals surface area contributed by atoms with Crippen LogP contribution in [0.15, 0.2) is 4.52 Å². The minimum atomic E-state index is 0.259. The van der Waals surface area contributed by atoms with Crippen molar-refractivity contribution in [3.8, 4) is 0 Å². The molecule has 2 aliphatic heterocycles. The van der Waals surface area contributed by atoms with Crippen LogP contribution in [0.25, 0.3) is 0 Å². The van der Waals surface area contributed by atoms with Gasteiger partial charge in [-0.05, 0) is 32.2 Å². The molecule has 2 fully saturated rings. The van der Waals surface area contributed by atoms with Crippen LogP contribution in [0.5, 0.6) is 0 Å². The molecule has 2 aliphatic rings. The van der Waals surface area contributed by atoms with E-state index in [-0.39, 0.29) is 6.04 Å². The maximum atomic E-state index is 5.45. The van der Waals surface area contributed by atoms with Gasteiger partial charge in [0.15, 0.2) is 5.82 Å². The van der Waals surface area contributed by atoms with Crippen molar-refractivity contribution in [1.29, 1.82) is 0 Å². The van der Waals surface area contributed by atoms with Gasteiger partial charge in [-0.3, -0.25) is 0 Å². The van der Waals surface area contributed by atoms with Gasteiger partial charge in [-0.15, -0.1) is 0 Å². The monoisotopic (exact) mass is 237 g/mol. The first-order valence-electron chi connectivity index (χ1n) is 6.58. The van der Waals surface area contributed by atoms with E-state index in [4.69, 9.17) is 9.26 Å². The second kappa shape index (κ2) is 5.14. The van der Waals surface area contributed by atoms with Gasteiger partial charge < -0.3 is 14.6 Å². The van der Waals surface area contributed by atoms with Crippen molar-refractivity contribution in [2.75, 3.05) is 19.8 Å². The number of rotatable bonds is 2. The third-order valence-electron chi connectivity index (χ3n) is 3.59. The van der Waals surface area contributed by atoms with Crippen molar-refractivity contribution < 1.29 is 9.26 Å². The van der Waals surface area contributed by atoms with Gasteiger partial charge in [0.25, 0.3) is 0 Å². The number of ether oxygens (including phenoxy) is 1. The van der Waals surface area contributed by atoms with Crippen molar-refractivity contribution in [2.24, 2.45) is 0 Å². The van der Waals surface area contributed by atoms with E-state index >= 15 is 0 Å². The highest BCUT2D eigenvalue weighted by molar-refractivity contribution is 5.00. The predicted molar refractivity (Wildman–Crippen MR) is 61.7 cm³/mol. The average molecular weight is 237 g/mol. The van der Waals surface area contributed by atoms with Crippen LogP contribution in [0.1, 0.15) is 55.8 Å². The van der Waals surface area contributed by atoms with Crippen LogP contribution >= 0.6 is 0 Å². The van der Waals surface area contributed by atoms with Gasteiger partial charge >= 0.3 is 0 Å². The molecule has 94 valence electrons. The normalized spacial score (nSPS) is 30.4. The summed E-state index contributed by atoms with van der Waals surface area (Å²) < 4.78 is 10.8. The minimum absolute atomic E-state index is 0.259. The molecule has 0 amide bonds. The predicted octanol–water partition coefficient (Wildman–Crippen LogP) is 1.78. The molecule has 2 atom stereocenters. The first-order chi connectivity index (χ1) is 8.43. The van der Waals surface area contributed by atoms with Crippen LogP contribution in [0.4, 0.5) is 0 Å². The Morgan fingerprint density at radius 1 is 1.18 bits per heavy atom. The molecule has 17 heavy (non-hydrogen) atoms. The summed E-state index contributed by atoms with van der Waals surface area (Å²) in [6.07, 6.45) is 5.78. The summed E-state index contributed by atoms with van der Waals surface area (Å²) in [4.78, 5) is 4.54. The van der Waals surface area contributed by atoms with Gasteiger partial charge in [0.05, 0.1) is 12.6 Å². The summed E-state index contributed by atoms with van der Waals surface area (Å²) in [7, 11) is 0. The van der Waals surface area contributed by atoms with E-state index in [2.05, 4.69) is 15.5 Å². The third kappa shape index (κ3) is 2.50. The van der Waals surface area contributed by atoms with E-state index in [1.165, 1.54) is 12.8 Å². The Balaban J connectivity index is 1.68. The van der Waals surface area contributed by atoms with Gasteiger partial charge in [0, 0.05) is 12.5 Å². The fraction of sp³-hybridized carbons (Fsp3) is 0.833. The van der Waals surface area contributed by atoms with Gasteiger partial charge in [0.2, 0.25) is 5.89 Å². The fourth-order valence-electron chi connectivity index (χ4n) is 2.56. The molecule has 5 nitrogen and oxygen atoms in total. The highest BCUT2D eigenvalue weighted by Crippen LogP contribution is 2.26. The van der Waals surface area contributed by atoms with Crippen LogP contribution in [0.2, 0.25) is 0 Å². The maximum Gasteiger partial charge on any atom is 0.243 e. The van der Waals surface area contributed by atoms with Crippen LogP contribution < -0.4 is 5.32 Å². The summed E-state index contributed by atoms with van der Waals surface area (Å²) in [6, 6.07) is 0.259. The zero-order chi connectivity index (χ0) is 11.5. The third-order valence-corrected chi connectivity index (χ3v) is 3.59. The Hall–Kier alpha value is -0.940. The molecule has 1 aromatic rings. The van der Waals surface area contributed by atoms with Gasteiger partial charge in [-0.25, -0.2) is 0 Å².